The first-order chi connectivity index (χ1) is 10.9. The van der Waals surface area contributed by atoms with Crippen LogP contribution in [0.4, 0.5) is 0 Å². The van der Waals surface area contributed by atoms with Gasteiger partial charge in [0.05, 0.1) is 5.69 Å². The molecule has 0 aromatic carbocycles. The van der Waals surface area contributed by atoms with E-state index in [0.29, 0.717) is 18.1 Å². The molecular formula is C17H24N4O2. The van der Waals surface area contributed by atoms with Gasteiger partial charge in [0.25, 0.3) is 0 Å². The van der Waals surface area contributed by atoms with Crippen LogP contribution in [0.1, 0.15) is 32.9 Å². The maximum absolute atomic E-state index is 12.0. The van der Waals surface area contributed by atoms with Crippen molar-refractivity contribution in [2.45, 2.75) is 32.6 Å². The number of aliphatic carboxylic acids is 1. The van der Waals surface area contributed by atoms with Crippen LogP contribution in [0.5, 0.6) is 0 Å². The minimum absolute atomic E-state index is 0.0920. The zero-order chi connectivity index (χ0) is 17.0. The monoisotopic (exact) mass is 316 g/mol. The number of pyridine rings is 1. The van der Waals surface area contributed by atoms with E-state index < -0.39 is 11.4 Å². The van der Waals surface area contributed by atoms with E-state index in [0.717, 1.165) is 6.42 Å². The average Bonchev–Trinajstić information content (AvgIpc) is 3.04. The van der Waals surface area contributed by atoms with E-state index in [4.69, 9.17) is 5.73 Å². The summed E-state index contributed by atoms with van der Waals surface area (Å²) in [5.74, 6) is 0.00893. The SMILES string of the molecule is C[C@H](CN)C[C@H](C)[C@](C)(C(=O)O)c1cn(-c2ccccn2)cn1. The fourth-order valence-corrected chi connectivity index (χ4v) is 2.73. The minimum Gasteiger partial charge on any atom is -0.481 e. The second-order valence-electron chi connectivity index (χ2n) is 6.34. The Morgan fingerprint density at radius 2 is 2.13 bits per heavy atom. The van der Waals surface area contributed by atoms with E-state index in [1.807, 2.05) is 32.0 Å². The lowest BCUT2D eigenvalue weighted by molar-refractivity contribution is -0.145. The molecule has 0 amide bonds. The average molecular weight is 316 g/mol. The van der Waals surface area contributed by atoms with Crippen LogP contribution in [-0.2, 0) is 10.2 Å². The van der Waals surface area contributed by atoms with Crippen LogP contribution in [0.3, 0.4) is 0 Å². The molecule has 0 aliphatic carbocycles. The van der Waals surface area contributed by atoms with Crippen molar-refractivity contribution in [3.05, 3.63) is 42.6 Å². The van der Waals surface area contributed by atoms with Crippen molar-refractivity contribution in [3.63, 3.8) is 0 Å². The highest BCUT2D eigenvalue weighted by molar-refractivity contribution is 5.80. The van der Waals surface area contributed by atoms with Crippen LogP contribution in [0.2, 0.25) is 0 Å². The number of imidazole rings is 1. The number of nitrogens with two attached hydrogens (primary N) is 1. The van der Waals surface area contributed by atoms with Gasteiger partial charge in [0.15, 0.2) is 0 Å². The first-order valence-electron chi connectivity index (χ1n) is 7.79. The summed E-state index contributed by atoms with van der Waals surface area (Å²) >= 11 is 0. The van der Waals surface area contributed by atoms with Crippen molar-refractivity contribution in [3.8, 4) is 5.82 Å². The largest absolute Gasteiger partial charge is 0.481 e. The number of nitrogens with zero attached hydrogens (tertiary/aromatic N) is 3. The number of hydrogen-bond donors (Lipinski definition) is 2. The molecule has 3 atom stereocenters. The molecule has 0 spiro atoms. The van der Waals surface area contributed by atoms with Crippen molar-refractivity contribution in [2.24, 2.45) is 17.6 Å². The fourth-order valence-electron chi connectivity index (χ4n) is 2.73. The van der Waals surface area contributed by atoms with Gasteiger partial charge in [-0.3, -0.25) is 9.36 Å². The van der Waals surface area contributed by atoms with Gasteiger partial charge in [0.2, 0.25) is 0 Å². The Labute approximate surface area is 136 Å². The lowest BCUT2D eigenvalue weighted by Crippen LogP contribution is -2.40. The molecule has 0 unspecified atom stereocenters. The number of rotatable bonds is 7. The van der Waals surface area contributed by atoms with Crippen molar-refractivity contribution < 1.29 is 9.90 Å². The summed E-state index contributed by atoms with van der Waals surface area (Å²) in [4.78, 5) is 20.6. The number of hydrogen-bond acceptors (Lipinski definition) is 4. The van der Waals surface area contributed by atoms with Gasteiger partial charge >= 0.3 is 5.97 Å². The highest BCUT2D eigenvalue weighted by Crippen LogP contribution is 2.35. The third-order valence-electron chi connectivity index (χ3n) is 4.62. The van der Waals surface area contributed by atoms with Crippen molar-refractivity contribution in [1.82, 2.24) is 14.5 Å². The third kappa shape index (κ3) is 3.42. The van der Waals surface area contributed by atoms with Gasteiger partial charge in [-0.15, -0.1) is 0 Å². The summed E-state index contributed by atoms with van der Waals surface area (Å²) < 4.78 is 1.75. The van der Waals surface area contributed by atoms with Gasteiger partial charge in [-0.25, -0.2) is 9.97 Å². The highest BCUT2D eigenvalue weighted by Gasteiger charge is 2.43. The Bertz CT molecular complexity index is 656. The van der Waals surface area contributed by atoms with E-state index >= 15 is 0 Å². The molecule has 2 aromatic heterocycles. The molecule has 0 aliphatic heterocycles. The van der Waals surface area contributed by atoms with E-state index in [1.165, 1.54) is 0 Å². The van der Waals surface area contributed by atoms with Crippen LogP contribution in [0.15, 0.2) is 36.9 Å². The number of aromatic nitrogens is 3. The summed E-state index contributed by atoms with van der Waals surface area (Å²) in [6.07, 6.45) is 5.78. The minimum atomic E-state index is -1.07. The smallest absolute Gasteiger partial charge is 0.315 e. The summed E-state index contributed by atoms with van der Waals surface area (Å²) in [6.45, 7) is 6.25. The molecule has 2 aromatic rings. The van der Waals surface area contributed by atoms with Crippen LogP contribution in [0.25, 0.3) is 5.82 Å². The summed E-state index contributed by atoms with van der Waals surface area (Å²) in [5.41, 5.74) is 5.15. The van der Waals surface area contributed by atoms with Crippen LogP contribution < -0.4 is 5.73 Å². The highest BCUT2D eigenvalue weighted by atomic mass is 16.4. The Kier molecular flexibility index (Phi) is 5.15. The normalized spacial score (nSPS) is 16.5. The topological polar surface area (TPSA) is 94.0 Å². The zero-order valence-corrected chi connectivity index (χ0v) is 13.8. The molecule has 0 radical (unpaired) electrons. The second kappa shape index (κ2) is 6.91. The number of carboxylic acid groups (broad SMARTS) is 1. The van der Waals surface area contributed by atoms with Gasteiger partial charge in [0, 0.05) is 12.4 Å². The van der Waals surface area contributed by atoms with Gasteiger partial charge in [-0.05, 0) is 43.9 Å². The summed E-state index contributed by atoms with van der Waals surface area (Å²) in [5, 5.41) is 9.83. The van der Waals surface area contributed by atoms with Crippen LogP contribution in [0, 0.1) is 11.8 Å². The molecule has 23 heavy (non-hydrogen) atoms. The molecule has 0 saturated heterocycles. The van der Waals surface area contributed by atoms with Crippen LogP contribution in [-0.4, -0.2) is 32.2 Å². The van der Waals surface area contributed by atoms with Gasteiger partial charge < -0.3 is 10.8 Å². The van der Waals surface area contributed by atoms with E-state index in [9.17, 15) is 9.90 Å². The summed E-state index contributed by atoms with van der Waals surface area (Å²) in [7, 11) is 0. The van der Waals surface area contributed by atoms with E-state index in [1.54, 1.807) is 30.2 Å². The molecule has 0 bridgehead atoms. The molecular weight excluding hydrogens is 292 g/mol. The predicted octanol–water partition coefficient (Wildman–Crippen LogP) is 2.23. The lowest BCUT2D eigenvalue weighted by Gasteiger charge is -2.31. The van der Waals surface area contributed by atoms with Crippen molar-refractivity contribution in [2.75, 3.05) is 6.54 Å². The third-order valence-corrected chi connectivity index (χ3v) is 4.62. The molecule has 3 N–H and O–H groups in total. The quantitative estimate of drug-likeness (QED) is 0.817. The first kappa shape index (κ1) is 17.1. The maximum Gasteiger partial charge on any atom is 0.315 e. The van der Waals surface area contributed by atoms with Gasteiger partial charge in [-0.1, -0.05) is 19.9 Å². The maximum atomic E-state index is 12.0. The van der Waals surface area contributed by atoms with Gasteiger partial charge in [-0.2, -0.15) is 0 Å². The first-order valence-corrected chi connectivity index (χ1v) is 7.79. The Morgan fingerprint density at radius 1 is 1.39 bits per heavy atom. The standard InChI is InChI=1S/C17H24N4O2/c1-12(9-18)8-13(2)17(3,16(22)23)14-10-21(11-20-14)15-6-4-5-7-19-15/h4-7,10-13H,8-9,18H2,1-3H3,(H,22,23)/t12-,13-,17-/m0/s1. The second-order valence-corrected chi connectivity index (χ2v) is 6.34. The summed E-state index contributed by atoms with van der Waals surface area (Å²) in [6, 6.07) is 5.56. The van der Waals surface area contributed by atoms with E-state index in [2.05, 4.69) is 9.97 Å². The molecule has 0 fully saturated rings. The molecule has 6 nitrogen and oxygen atoms in total. The zero-order valence-electron chi connectivity index (χ0n) is 13.8. The predicted molar refractivity (Wildman–Crippen MR) is 88.3 cm³/mol. The molecule has 0 aliphatic rings. The fraction of sp³-hybridized carbons (Fsp3) is 0.471. The van der Waals surface area contributed by atoms with Crippen LogP contribution >= 0.6 is 0 Å². The van der Waals surface area contributed by atoms with Crippen molar-refractivity contribution >= 4 is 5.97 Å². The molecule has 2 heterocycles. The Hall–Kier alpha value is -2.21. The van der Waals surface area contributed by atoms with Gasteiger partial charge in [0.1, 0.15) is 17.6 Å². The van der Waals surface area contributed by atoms with Crippen molar-refractivity contribution in [1.29, 1.82) is 0 Å². The lowest BCUT2D eigenvalue weighted by atomic mass is 9.72. The Morgan fingerprint density at radius 3 is 2.70 bits per heavy atom. The molecule has 2 rings (SSSR count). The number of carbonyl (C=O) groups is 1. The number of carboxylic acids is 1. The van der Waals surface area contributed by atoms with E-state index in [-0.39, 0.29) is 11.8 Å². The Balaban J connectivity index is 2.35. The molecule has 0 saturated carbocycles. The molecule has 124 valence electrons. The molecule has 6 heteroatoms.